The molecule has 1 amide bonds. The Morgan fingerprint density at radius 3 is 2.73 bits per heavy atom. The zero-order valence-corrected chi connectivity index (χ0v) is 8.70. The molecule has 5 nitrogen and oxygen atoms in total. The van der Waals surface area contributed by atoms with E-state index in [4.69, 9.17) is 5.11 Å². The fourth-order valence-electron chi connectivity index (χ4n) is 0.894. The highest BCUT2D eigenvalue weighted by molar-refractivity contribution is 7.80. The van der Waals surface area contributed by atoms with Gasteiger partial charge in [0.25, 0.3) is 5.91 Å². The zero-order chi connectivity index (χ0) is 11.3. The molecular formula is C9H10N2O3S. The minimum absolute atomic E-state index is 0.0957. The van der Waals surface area contributed by atoms with E-state index in [9.17, 15) is 9.59 Å². The second-order valence-electron chi connectivity index (χ2n) is 2.80. The number of nitrogens with one attached hydrogen (secondary N) is 1. The number of thiol groups is 1. The van der Waals surface area contributed by atoms with Crippen molar-refractivity contribution in [3.05, 3.63) is 24.0 Å². The summed E-state index contributed by atoms with van der Waals surface area (Å²) in [6.07, 6.45) is 1.35. The predicted molar refractivity (Wildman–Crippen MR) is 56.1 cm³/mol. The molecule has 0 aliphatic rings. The monoisotopic (exact) mass is 226 g/mol. The summed E-state index contributed by atoms with van der Waals surface area (Å²) < 4.78 is 0. The average molecular weight is 226 g/mol. The number of aromatic nitrogens is 1. The van der Waals surface area contributed by atoms with Crippen molar-refractivity contribution in [1.29, 1.82) is 0 Å². The first-order valence-corrected chi connectivity index (χ1v) is 4.69. The number of carbonyl (C=O) groups excluding carboxylic acids is 1. The van der Waals surface area contributed by atoms with Crippen LogP contribution in [0.2, 0.25) is 0 Å². The molecule has 6 heteroatoms. The molecule has 0 saturated heterocycles. The lowest BCUT2D eigenvalue weighted by molar-refractivity contribution is -0.136. The number of carboxylic acid groups (broad SMARTS) is 1. The Morgan fingerprint density at radius 1 is 1.47 bits per heavy atom. The third-order valence-corrected chi connectivity index (χ3v) is 1.87. The van der Waals surface area contributed by atoms with Crippen LogP contribution in [0.4, 0.5) is 0 Å². The van der Waals surface area contributed by atoms with Crippen LogP contribution < -0.4 is 5.32 Å². The summed E-state index contributed by atoms with van der Waals surface area (Å²) in [6, 6.07) is 3.17. The number of carboxylic acids is 1. The van der Waals surface area contributed by atoms with E-state index in [0.717, 1.165) is 0 Å². The van der Waals surface area contributed by atoms with Gasteiger partial charge in [0.15, 0.2) is 0 Å². The first-order chi connectivity index (χ1) is 7.09. The largest absolute Gasteiger partial charge is 0.481 e. The Bertz CT molecular complexity index is 364. The molecule has 1 aromatic heterocycles. The Balaban J connectivity index is 2.47. The van der Waals surface area contributed by atoms with Crippen LogP contribution in [0.25, 0.3) is 0 Å². The van der Waals surface area contributed by atoms with E-state index < -0.39 is 5.97 Å². The number of rotatable bonds is 4. The maximum absolute atomic E-state index is 11.3. The van der Waals surface area contributed by atoms with Gasteiger partial charge in [0.1, 0.15) is 5.69 Å². The standard InChI is InChI=1S/C9H10N2O3S/c12-8(13)3-4-10-9(14)7-2-1-6(15)5-11-7/h1-2,5,15H,3-4H2,(H,10,14)(H,12,13). The number of pyridine rings is 1. The van der Waals surface area contributed by atoms with Crippen molar-refractivity contribution in [3.63, 3.8) is 0 Å². The summed E-state index contributed by atoms with van der Waals surface area (Å²) in [5.41, 5.74) is 0.248. The fraction of sp³-hybridized carbons (Fsp3) is 0.222. The molecule has 0 atom stereocenters. The Morgan fingerprint density at radius 2 is 2.20 bits per heavy atom. The average Bonchev–Trinajstić information content (AvgIpc) is 2.18. The highest BCUT2D eigenvalue weighted by atomic mass is 32.1. The number of hydrogen-bond donors (Lipinski definition) is 3. The predicted octanol–water partition coefficient (Wildman–Crippen LogP) is 0.575. The van der Waals surface area contributed by atoms with Crippen LogP contribution >= 0.6 is 12.6 Å². The normalized spacial score (nSPS) is 9.67. The summed E-state index contributed by atoms with van der Waals surface area (Å²) in [6.45, 7) is 0.0957. The molecule has 0 fully saturated rings. The lowest BCUT2D eigenvalue weighted by atomic mass is 10.3. The minimum atomic E-state index is -0.950. The highest BCUT2D eigenvalue weighted by Gasteiger charge is 2.06. The van der Waals surface area contributed by atoms with Gasteiger partial charge >= 0.3 is 5.97 Å². The Hall–Kier alpha value is -1.56. The molecule has 1 rings (SSSR count). The summed E-state index contributed by atoms with van der Waals surface area (Å²) >= 11 is 4.03. The van der Waals surface area contributed by atoms with E-state index in [1.807, 2.05) is 0 Å². The lowest BCUT2D eigenvalue weighted by Gasteiger charge is -2.02. The molecule has 0 aliphatic carbocycles. The first kappa shape index (κ1) is 11.5. The van der Waals surface area contributed by atoms with Crippen LogP contribution in [-0.2, 0) is 4.79 Å². The van der Waals surface area contributed by atoms with E-state index in [1.54, 1.807) is 6.07 Å². The van der Waals surface area contributed by atoms with Crippen LogP contribution in [0.1, 0.15) is 16.9 Å². The first-order valence-electron chi connectivity index (χ1n) is 4.24. The molecule has 15 heavy (non-hydrogen) atoms. The molecule has 1 heterocycles. The second-order valence-corrected chi connectivity index (χ2v) is 3.32. The molecule has 0 spiro atoms. The van der Waals surface area contributed by atoms with E-state index in [-0.39, 0.29) is 24.6 Å². The van der Waals surface area contributed by atoms with E-state index >= 15 is 0 Å². The van der Waals surface area contributed by atoms with Gasteiger partial charge in [-0.1, -0.05) is 0 Å². The van der Waals surface area contributed by atoms with E-state index in [0.29, 0.717) is 4.90 Å². The molecule has 0 unspecified atom stereocenters. The van der Waals surface area contributed by atoms with E-state index in [1.165, 1.54) is 12.3 Å². The van der Waals surface area contributed by atoms with Gasteiger partial charge in [-0.15, -0.1) is 12.6 Å². The van der Waals surface area contributed by atoms with Gasteiger partial charge in [-0.25, -0.2) is 4.98 Å². The van der Waals surface area contributed by atoms with Gasteiger partial charge in [0.2, 0.25) is 0 Å². The molecule has 1 aromatic rings. The van der Waals surface area contributed by atoms with Crippen LogP contribution in [0.15, 0.2) is 23.2 Å². The Kier molecular flexibility index (Phi) is 4.11. The van der Waals surface area contributed by atoms with Crippen molar-refractivity contribution in [1.82, 2.24) is 10.3 Å². The highest BCUT2D eigenvalue weighted by Crippen LogP contribution is 2.03. The molecule has 2 N–H and O–H groups in total. The summed E-state index contributed by atoms with van der Waals surface area (Å²) in [5, 5.41) is 10.8. The quantitative estimate of drug-likeness (QED) is 0.656. The topological polar surface area (TPSA) is 79.3 Å². The smallest absolute Gasteiger partial charge is 0.305 e. The number of nitrogens with zero attached hydrogens (tertiary/aromatic N) is 1. The number of aliphatic carboxylic acids is 1. The molecule has 0 aromatic carbocycles. The van der Waals surface area contributed by atoms with Crippen molar-refractivity contribution < 1.29 is 14.7 Å². The van der Waals surface area contributed by atoms with Crippen molar-refractivity contribution >= 4 is 24.5 Å². The Labute approximate surface area is 91.9 Å². The van der Waals surface area contributed by atoms with Crippen LogP contribution in [0.5, 0.6) is 0 Å². The molecular weight excluding hydrogens is 216 g/mol. The maximum Gasteiger partial charge on any atom is 0.305 e. The van der Waals surface area contributed by atoms with Crippen LogP contribution in [0, 0.1) is 0 Å². The van der Waals surface area contributed by atoms with Gasteiger partial charge in [-0.2, -0.15) is 0 Å². The number of carbonyl (C=O) groups is 2. The second kappa shape index (κ2) is 5.35. The van der Waals surface area contributed by atoms with Gasteiger partial charge < -0.3 is 10.4 Å². The summed E-state index contributed by atoms with van der Waals surface area (Å²) in [7, 11) is 0. The number of hydrogen-bond acceptors (Lipinski definition) is 4. The minimum Gasteiger partial charge on any atom is -0.481 e. The number of amides is 1. The third kappa shape index (κ3) is 3.99. The molecule has 0 aliphatic heterocycles. The van der Waals surface area contributed by atoms with Gasteiger partial charge in [-0.05, 0) is 12.1 Å². The molecule has 0 saturated carbocycles. The zero-order valence-electron chi connectivity index (χ0n) is 7.80. The third-order valence-electron chi connectivity index (χ3n) is 1.60. The fourth-order valence-corrected chi connectivity index (χ4v) is 1.03. The van der Waals surface area contributed by atoms with Crippen LogP contribution in [-0.4, -0.2) is 28.5 Å². The molecule has 0 radical (unpaired) electrons. The SMILES string of the molecule is O=C(O)CCNC(=O)c1ccc(S)cn1. The van der Waals surface area contributed by atoms with Crippen LogP contribution in [0.3, 0.4) is 0 Å². The summed E-state index contributed by atoms with van der Waals surface area (Å²) in [5.74, 6) is -1.33. The van der Waals surface area contributed by atoms with Crippen molar-refractivity contribution in [2.24, 2.45) is 0 Å². The van der Waals surface area contributed by atoms with Gasteiger partial charge in [0.05, 0.1) is 6.42 Å². The molecule has 0 bridgehead atoms. The van der Waals surface area contributed by atoms with Crippen molar-refractivity contribution in [3.8, 4) is 0 Å². The lowest BCUT2D eigenvalue weighted by Crippen LogP contribution is -2.26. The van der Waals surface area contributed by atoms with Gasteiger partial charge in [0, 0.05) is 17.6 Å². The van der Waals surface area contributed by atoms with E-state index in [2.05, 4.69) is 22.9 Å². The van der Waals surface area contributed by atoms with Crippen molar-refractivity contribution in [2.45, 2.75) is 11.3 Å². The molecule has 80 valence electrons. The summed E-state index contributed by atoms with van der Waals surface area (Å²) in [4.78, 5) is 26.0. The maximum atomic E-state index is 11.3. The van der Waals surface area contributed by atoms with Gasteiger partial charge in [-0.3, -0.25) is 9.59 Å². The van der Waals surface area contributed by atoms with Crippen molar-refractivity contribution in [2.75, 3.05) is 6.54 Å².